The lowest BCUT2D eigenvalue weighted by atomic mass is 9.82. The van der Waals surface area contributed by atoms with Gasteiger partial charge >= 0.3 is 48.6 Å². The molecule has 2 fully saturated rings. The number of methoxy groups -OCH3 is 2. The second-order valence-electron chi connectivity index (χ2n) is 28.0. The molecule has 2 saturated heterocycles. The quantitative estimate of drug-likeness (QED) is 0.0277. The van der Waals surface area contributed by atoms with E-state index >= 15 is 0 Å². The summed E-state index contributed by atoms with van der Waals surface area (Å²) in [5, 5.41) is 34.7. The molecule has 4 aliphatic rings. The summed E-state index contributed by atoms with van der Waals surface area (Å²) in [7, 11) is 2.15. The van der Waals surface area contributed by atoms with Crippen molar-refractivity contribution in [1.29, 1.82) is 0 Å². The molecule has 7 N–H and O–H groups in total. The molecular weight excluding hydrogens is 1390 g/mol. The number of aliphatic imine (C=N–C) groups is 2. The maximum atomic E-state index is 13.5. The van der Waals surface area contributed by atoms with Crippen molar-refractivity contribution in [3.05, 3.63) is 47.5 Å². The van der Waals surface area contributed by atoms with Crippen LogP contribution in [0, 0.1) is 11.8 Å². The number of ketones is 2. The maximum absolute atomic E-state index is 13.5. The predicted molar refractivity (Wildman–Crippen MR) is 356 cm³/mol. The van der Waals surface area contributed by atoms with Crippen LogP contribution in [0.4, 0.5) is 28.8 Å². The van der Waals surface area contributed by atoms with Gasteiger partial charge < -0.3 is 91.9 Å². The van der Waals surface area contributed by atoms with Crippen molar-refractivity contribution in [3.63, 3.8) is 0 Å². The number of alkyl carbamates (subject to hydrolysis) is 4. The number of aromatic nitrogens is 6. The Kier molecular flexibility index (Phi) is 29.6. The number of carbonyl (C=O) groups excluding carboxylic acids is 12. The van der Waals surface area contributed by atoms with Crippen LogP contribution in [-0.4, -0.2) is 239 Å². The number of esters is 2. The highest BCUT2D eigenvalue weighted by Gasteiger charge is 2.51. The molecule has 2 aromatic rings. The molecule has 41 heteroatoms. The van der Waals surface area contributed by atoms with Crippen molar-refractivity contribution in [2.45, 2.75) is 207 Å². The van der Waals surface area contributed by atoms with Crippen LogP contribution < -0.4 is 37.2 Å². The lowest BCUT2D eigenvalue weighted by Crippen LogP contribution is -2.53. The van der Waals surface area contributed by atoms with Gasteiger partial charge in [0.2, 0.25) is 35.3 Å². The van der Waals surface area contributed by atoms with Crippen LogP contribution in [0.15, 0.2) is 46.0 Å². The number of ether oxygens (including phenoxy) is 14. The average molecular weight is 1490 g/mol. The number of guanidine groups is 2. The largest absolute Gasteiger partial charge is 0.508 e. The Labute approximate surface area is 603 Å². The summed E-state index contributed by atoms with van der Waals surface area (Å²) in [6.45, 7) is 20.3. The topological polar surface area (TPSA) is 504 Å². The minimum atomic E-state index is -1.44. The van der Waals surface area contributed by atoms with E-state index in [1.807, 2.05) is 0 Å². The van der Waals surface area contributed by atoms with Crippen molar-refractivity contribution in [2.75, 3.05) is 53.7 Å². The fourth-order valence-electron chi connectivity index (χ4n) is 10.3. The summed E-state index contributed by atoms with van der Waals surface area (Å²) in [6, 6.07) is -2.62. The zero-order valence-electron chi connectivity index (χ0n) is 61.3. The summed E-state index contributed by atoms with van der Waals surface area (Å²) in [4.78, 5) is 165. The number of hydrogen-bond acceptors (Lipinski definition) is 33. The van der Waals surface area contributed by atoms with Gasteiger partial charge in [0.1, 0.15) is 84.8 Å². The van der Waals surface area contributed by atoms with Crippen LogP contribution in [0.3, 0.4) is 0 Å². The van der Waals surface area contributed by atoms with E-state index < -0.39 is 205 Å². The van der Waals surface area contributed by atoms with Crippen LogP contribution in [0.1, 0.15) is 121 Å². The highest BCUT2D eigenvalue weighted by atomic mass is 16.8. The van der Waals surface area contributed by atoms with Gasteiger partial charge in [0.15, 0.2) is 12.2 Å². The Balaban J connectivity index is 1.04. The van der Waals surface area contributed by atoms with Crippen molar-refractivity contribution in [1.82, 2.24) is 67.2 Å². The number of nitrogens with zero attached hydrogens (tertiary/aromatic N) is 8. The summed E-state index contributed by atoms with van der Waals surface area (Å²) < 4.78 is 79.9. The first kappa shape index (κ1) is 83.4. The van der Waals surface area contributed by atoms with Crippen molar-refractivity contribution < 1.29 is 124 Å². The Morgan fingerprint density at radius 1 is 0.524 bits per heavy atom. The molecule has 0 bridgehead atoms. The van der Waals surface area contributed by atoms with Gasteiger partial charge in [-0.25, -0.2) is 48.3 Å². The molecule has 580 valence electrons. The first-order valence-corrected chi connectivity index (χ1v) is 33.1. The molecule has 0 aromatic carbocycles. The van der Waals surface area contributed by atoms with E-state index in [0.29, 0.717) is 11.4 Å². The normalized spacial score (nSPS) is 20.6. The lowest BCUT2D eigenvalue weighted by Gasteiger charge is -2.40. The van der Waals surface area contributed by atoms with E-state index in [-0.39, 0.29) is 52.1 Å². The van der Waals surface area contributed by atoms with Gasteiger partial charge in [-0.1, -0.05) is 10.4 Å². The first-order valence-electron chi connectivity index (χ1n) is 33.1. The Morgan fingerprint density at radius 2 is 0.857 bits per heavy atom. The minimum Gasteiger partial charge on any atom is -0.480 e. The number of cyclic esters (lactones) is 4. The lowest BCUT2D eigenvalue weighted by molar-refractivity contribution is -0.158. The van der Waals surface area contributed by atoms with Crippen LogP contribution in [0.2, 0.25) is 0 Å². The Morgan fingerprint density at radius 3 is 1.14 bits per heavy atom. The molecule has 6 rings (SSSR count). The number of Topliss-reactive ketones (excluding diaryl/α,β-unsaturated/α-hetero) is 2. The van der Waals surface area contributed by atoms with Gasteiger partial charge in [0.25, 0.3) is 0 Å². The number of rotatable bonds is 28. The summed E-state index contributed by atoms with van der Waals surface area (Å²) in [5.74, 6) is -8.35. The fourth-order valence-corrected chi connectivity index (χ4v) is 10.3. The van der Waals surface area contributed by atoms with Crippen LogP contribution in [-0.2, 0) is 121 Å². The van der Waals surface area contributed by atoms with E-state index in [4.69, 9.17) is 66.3 Å². The van der Waals surface area contributed by atoms with E-state index in [1.54, 1.807) is 95.5 Å². The molecule has 41 nitrogen and oxygen atoms in total. The van der Waals surface area contributed by atoms with E-state index in [1.165, 1.54) is 35.4 Å². The third-order valence-electron chi connectivity index (χ3n) is 14.3. The summed E-state index contributed by atoms with van der Waals surface area (Å²) >= 11 is 0. The van der Waals surface area contributed by atoms with Gasteiger partial charge in [-0.3, -0.25) is 40.2 Å². The number of amides is 6. The monoisotopic (exact) mass is 1490 g/mol. The van der Waals surface area contributed by atoms with E-state index in [9.17, 15) is 57.5 Å². The molecule has 4 aliphatic heterocycles. The van der Waals surface area contributed by atoms with Gasteiger partial charge in [-0.15, -0.1) is 10.2 Å². The van der Waals surface area contributed by atoms with Crippen LogP contribution in [0.5, 0.6) is 0 Å². The van der Waals surface area contributed by atoms with Crippen molar-refractivity contribution in [2.24, 2.45) is 21.8 Å². The van der Waals surface area contributed by atoms with Crippen LogP contribution in [0.25, 0.3) is 0 Å². The van der Waals surface area contributed by atoms with E-state index in [0.717, 1.165) is 14.2 Å². The van der Waals surface area contributed by atoms with E-state index in [2.05, 4.69) is 67.8 Å². The second kappa shape index (κ2) is 37.2. The first-order chi connectivity index (χ1) is 49.1. The Bertz CT molecular complexity index is 3300. The molecule has 0 aliphatic carbocycles. The average Bonchev–Trinajstić information content (AvgIpc) is 1.33. The Hall–Kier alpha value is -10.6. The molecule has 0 spiro atoms. The highest BCUT2D eigenvalue weighted by molar-refractivity contribution is 6.02. The smallest absolute Gasteiger partial charge is 0.480 e. The summed E-state index contributed by atoms with van der Waals surface area (Å²) in [5.41, 5.74) is -2.98. The number of hydrogen-bond donors (Lipinski definition) is 7. The van der Waals surface area contributed by atoms with Crippen LogP contribution >= 0.6 is 0 Å². The fraction of sp³-hybridized carbons (Fsp3) is 0.656. The SMILES string of the molecule is COC(=O)C1=C[C@H](N=C(NC(=O)OC(C)(C)C)NC(=O)OC(C)(C)C)[C@@H](CC(C)=O)[C@H]([C@H](OCC(=O)NCCn2cc(CNCc3cn(CCNC(=O)CO[C@@H]([C@@H]4OC(C(=O)OC)=C[C@H](N=C(NC(=O)OC(C)(C)C)NC(=O)OC(C)(C)C)[C@H]4CC(C)=O)[C@H]4COC(=O)O4)nn3)nn2)[C@H]2COC(=O)O2)O1. The molecule has 10 atom stereocenters. The molecule has 0 radical (unpaired) electrons. The number of carbonyl (C=O) groups is 12. The number of nitrogens with one attached hydrogen (secondary N) is 7. The highest BCUT2D eigenvalue weighted by Crippen LogP contribution is 2.37. The molecule has 6 heterocycles. The molecular formula is C64H93N15O26. The third kappa shape index (κ3) is 28.5. The molecule has 0 saturated carbocycles. The van der Waals surface area contributed by atoms with Crippen molar-refractivity contribution >= 4 is 83.9 Å². The molecule has 0 unspecified atom stereocenters. The zero-order chi connectivity index (χ0) is 77.7. The molecule has 105 heavy (non-hydrogen) atoms. The molecule has 2 aromatic heterocycles. The third-order valence-corrected chi connectivity index (χ3v) is 14.3. The van der Waals surface area contributed by atoms with Gasteiger partial charge in [0.05, 0.1) is 50.8 Å². The second-order valence-corrected chi connectivity index (χ2v) is 28.0. The van der Waals surface area contributed by atoms with Gasteiger partial charge in [-0.05, 0) is 109 Å². The predicted octanol–water partition coefficient (Wildman–Crippen LogP) is 1.88. The maximum Gasteiger partial charge on any atom is 0.508 e. The zero-order valence-corrected chi connectivity index (χ0v) is 61.3. The minimum absolute atomic E-state index is 0.0101. The standard InChI is InChI=1S/C64H93N15O26/c1-33(80)21-37-39(68-53(70-55(86)102-61(3,4)5)71-56(87)103-62(6,7)8)23-41(51(84)92-15)98-47(37)49(43-29-96-59(90)100-43)94-31-45(82)66-17-19-78-27-35(74-76-78)25-65-26-36-28-79(77-75-36)20-18-67-46(83)32-95-50(44-30-97-60(91)101-44)48-38(22-34(2)81)40(24-42(99-48)52(85)93-16)69-54(72-57(88)104-63(9,10)11)73-58(89)105-64(12,13)14/h23-24,27-28,37-40,43-44,47-50,65H,17-22,25-26,29-32H2,1-16H3,(H,66,82)(H,67,83)(H2,68,70,71,86,87)(H2,69,72,73,88,89)/t37-,38-,39+,40+,43-,44-,47-,48-,49-,50-/m1/s1. The van der Waals surface area contributed by atoms with Gasteiger partial charge in [0, 0.05) is 63.3 Å². The molecule has 6 amide bonds. The van der Waals surface area contributed by atoms with Crippen molar-refractivity contribution in [3.8, 4) is 0 Å². The summed E-state index contributed by atoms with van der Waals surface area (Å²) in [6.07, 6.45) is -9.65. The van der Waals surface area contributed by atoms with Gasteiger partial charge in [-0.2, -0.15) is 0 Å².